The maximum absolute atomic E-state index is 12.6. The molecule has 23 heteroatoms. The molecule has 0 aromatic rings. The zero-order chi connectivity index (χ0) is 50.4. The van der Waals surface area contributed by atoms with E-state index in [-0.39, 0.29) is 6.42 Å². The van der Waals surface area contributed by atoms with E-state index in [4.69, 9.17) is 47.7 Å². The molecule has 4 aliphatic rings. The van der Waals surface area contributed by atoms with E-state index in [0.717, 1.165) is 38.5 Å². The van der Waals surface area contributed by atoms with Gasteiger partial charge < -0.3 is 104 Å². The largest absolute Gasteiger partial charge is 0.481 e. The Kier molecular flexibility index (Phi) is 24.6. The van der Waals surface area contributed by atoms with Crippen molar-refractivity contribution in [3.05, 3.63) is 0 Å². The first-order valence-electron chi connectivity index (χ1n) is 24.3. The highest BCUT2D eigenvalue weighted by molar-refractivity contribution is 5.72. The molecule has 0 radical (unpaired) electrons. The summed E-state index contributed by atoms with van der Waals surface area (Å²) in [4.78, 5) is 23.4. The second-order valence-electron chi connectivity index (χ2n) is 18.7. The summed E-state index contributed by atoms with van der Waals surface area (Å²) >= 11 is 0. The molecule has 4 fully saturated rings. The van der Waals surface area contributed by atoms with Gasteiger partial charge in [0.1, 0.15) is 79.4 Å². The smallest absolute Gasteiger partial charge is 0.309 e. The fourth-order valence-electron chi connectivity index (χ4n) is 8.62. The van der Waals surface area contributed by atoms with Gasteiger partial charge in [-0.25, -0.2) is 0 Å². The van der Waals surface area contributed by atoms with Gasteiger partial charge >= 0.3 is 11.9 Å². The molecule has 4 rings (SSSR count). The molecule has 0 saturated carbocycles. The molecular formula is C45H80O23. The molecular weight excluding hydrogens is 908 g/mol. The van der Waals surface area contributed by atoms with Crippen molar-refractivity contribution in [1.29, 1.82) is 0 Å². The third kappa shape index (κ3) is 16.1. The van der Waals surface area contributed by atoms with Crippen LogP contribution in [0.15, 0.2) is 0 Å². The molecule has 4 heterocycles. The van der Waals surface area contributed by atoms with Crippen molar-refractivity contribution in [2.24, 2.45) is 5.92 Å². The minimum atomic E-state index is -1.92. The number of carbonyl (C=O) groups is 2. The lowest BCUT2D eigenvalue weighted by Gasteiger charge is -2.49. The van der Waals surface area contributed by atoms with Crippen LogP contribution in [0.1, 0.15) is 118 Å². The summed E-state index contributed by atoms with van der Waals surface area (Å²) in [5.41, 5.74) is 0. The molecule has 12 N–H and O–H groups in total. The van der Waals surface area contributed by atoms with Crippen molar-refractivity contribution < 1.29 is 113 Å². The molecule has 0 amide bonds. The van der Waals surface area contributed by atoms with Gasteiger partial charge in [0, 0.05) is 0 Å². The fraction of sp³-hybridized carbons (Fsp3) is 0.956. The van der Waals surface area contributed by atoms with Crippen LogP contribution in [-0.2, 0) is 52.2 Å². The molecule has 0 aromatic heterocycles. The van der Waals surface area contributed by atoms with Crippen LogP contribution in [0.3, 0.4) is 0 Å². The molecule has 68 heavy (non-hydrogen) atoms. The molecule has 0 aliphatic carbocycles. The van der Waals surface area contributed by atoms with Crippen molar-refractivity contribution >= 4 is 11.9 Å². The number of hydrogen-bond acceptors (Lipinski definition) is 22. The Hall–Kier alpha value is -1.82. The van der Waals surface area contributed by atoms with E-state index >= 15 is 0 Å². The maximum Gasteiger partial charge on any atom is 0.309 e. The lowest BCUT2D eigenvalue weighted by molar-refractivity contribution is -0.396. The van der Waals surface area contributed by atoms with Gasteiger partial charge in [-0.2, -0.15) is 0 Å². The number of aliphatic carboxylic acids is 1. The predicted octanol–water partition coefficient (Wildman–Crippen LogP) is -1.56. The second-order valence-corrected chi connectivity index (χ2v) is 18.7. The lowest BCUT2D eigenvalue weighted by Crippen LogP contribution is -2.67. The van der Waals surface area contributed by atoms with Crippen LogP contribution in [0.2, 0.25) is 0 Å². The summed E-state index contributed by atoms with van der Waals surface area (Å²) in [6.07, 6.45) is -25.7. The van der Waals surface area contributed by atoms with E-state index in [2.05, 4.69) is 0 Å². The number of aliphatic hydroxyl groups is 11. The zero-order valence-electron chi connectivity index (χ0n) is 39.7. The Morgan fingerprint density at radius 3 is 1.72 bits per heavy atom. The van der Waals surface area contributed by atoms with Gasteiger partial charge in [0.2, 0.25) is 0 Å². The van der Waals surface area contributed by atoms with Gasteiger partial charge in [-0.05, 0) is 39.5 Å². The Balaban J connectivity index is 1.55. The van der Waals surface area contributed by atoms with Crippen LogP contribution in [0.4, 0.5) is 0 Å². The first-order chi connectivity index (χ1) is 32.2. The number of hydrogen-bond donors (Lipinski definition) is 12. The molecule has 4 saturated heterocycles. The van der Waals surface area contributed by atoms with E-state index < -0.39 is 166 Å². The number of carbonyl (C=O) groups excluding carboxylic acids is 1. The average molecular weight is 989 g/mol. The number of ether oxygens (including phenoxy) is 9. The molecule has 23 unspecified atom stereocenters. The van der Waals surface area contributed by atoms with Crippen LogP contribution >= 0.6 is 0 Å². The zero-order valence-corrected chi connectivity index (χ0v) is 39.7. The summed E-state index contributed by atoms with van der Waals surface area (Å²) in [5.74, 6) is -2.20. The van der Waals surface area contributed by atoms with E-state index in [1.54, 1.807) is 13.8 Å². The highest BCUT2D eigenvalue weighted by Gasteiger charge is 2.55. The SMILES string of the molecule is CCCCC(CCCCCCCCC(O)CC(=O)O)OC1OC(COC2OC(C)C(O)C(O)C2O)C(O)C(O)C1OC1OC(CO)C(O)C(O)C1OC1OC(C)C(OC(=O)C(C)CC)C(O)C1O. The number of rotatable bonds is 27. The van der Waals surface area contributed by atoms with Gasteiger partial charge in [-0.15, -0.1) is 0 Å². The molecule has 23 atom stereocenters. The van der Waals surface area contributed by atoms with Gasteiger partial charge in [-0.3, -0.25) is 9.59 Å². The van der Waals surface area contributed by atoms with Crippen LogP contribution in [-0.4, -0.2) is 221 Å². The number of carboxylic acid groups (broad SMARTS) is 1. The highest BCUT2D eigenvalue weighted by Crippen LogP contribution is 2.35. The van der Waals surface area contributed by atoms with Crippen molar-refractivity contribution in [3.8, 4) is 0 Å². The molecule has 0 aromatic carbocycles. The van der Waals surface area contributed by atoms with Crippen LogP contribution in [0.5, 0.6) is 0 Å². The Bertz CT molecular complexity index is 1460. The van der Waals surface area contributed by atoms with Crippen LogP contribution in [0.25, 0.3) is 0 Å². The number of carboxylic acids is 1. The van der Waals surface area contributed by atoms with E-state index in [9.17, 15) is 65.8 Å². The van der Waals surface area contributed by atoms with E-state index in [1.807, 2.05) is 6.92 Å². The van der Waals surface area contributed by atoms with Crippen LogP contribution < -0.4 is 0 Å². The van der Waals surface area contributed by atoms with Gasteiger partial charge in [0.25, 0.3) is 0 Å². The van der Waals surface area contributed by atoms with Gasteiger partial charge in [0.05, 0.1) is 50.0 Å². The Labute approximate surface area is 397 Å². The Morgan fingerprint density at radius 2 is 1.10 bits per heavy atom. The summed E-state index contributed by atoms with van der Waals surface area (Å²) in [5, 5.41) is 128. The topological polar surface area (TPSA) is 360 Å². The minimum Gasteiger partial charge on any atom is -0.481 e. The summed E-state index contributed by atoms with van der Waals surface area (Å²) in [6, 6.07) is 0. The Morgan fingerprint density at radius 1 is 0.574 bits per heavy atom. The van der Waals surface area contributed by atoms with Gasteiger partial charge in [-0.1, -0.05) is 72.1 Å². The number of esters is 1. The van der Waals surface area contributed by atoms with E-state index in [0.29, 0.717) is 38.5 Å². The summed E-state index contributed by atoms with van der Waals surface area (Å²) in [7, 11) is 0. The van der Waals surface area contributed by atoms with Crippen molar-refractivity contribution in [1.82, 2.24) is 0 Å². The monoisotopic (exact) mass is 989 g/mol. The standard InChI is InChI=1S/C45H80O23/c1-6-8-16-25(17-14-12-10-9-11-13-15-24(47)18-28(48)49)63-44-39(34(55)31(52)27(65-44)20-60-42-36(57)32(53)29(50)22(4)61-42)68-45-40(33(54)30(51)26(19-46)64-45)67-43-37(58)35(56)38(23(5)62-43)66-41(59)21(3)7-2/h21-27,29-40,42-47,50-58H,6-20H2,1-5H3,(H,48,49). The highest BCUT2D eigenvalue weighted by atomic mass is 16.8. The predicted molar refractivity (Wildman–Crippen MR) is 232 cm³/mol. The van der Waals surface area contributed by atoms with Crippen molar-refractivity contribution in [2.75, 3.05) is 13.2 Å². The number of unbranched alkanes of at least 4 members (excludes halogenated alkanes) is 6. The minimum absolute atomic E-state index is 0.299. The van der Waals surface area contributed by atoms with Crippen molar-refractivity contribution in [3.63, 3.8) is 0 Å². The fourth-order valence-corrected chi connectivity index (χ4v) is 8.62. The molecule has 4 aliphatic heterocycles. The lowest BCUT2D eigenvalue weighted by atomic mass is 9.96. The van der Waals surface area contributed by atoms with Crippen LogP contribution in [0, 0.1) is 5.92 Å². The first-order valence-corrected chi connectivity index (χ1v) is 24.3. The van der Waals surface area contributed by atoms with Crippen molar-refractivity contribution in [2.45, 2.75) is 253 Å². The molecule has 23 nitrogen and oxygen atoms in total. The number of aliphatic hydroxyl groups excluding tert-OH is 11. The third-order valence-electron chi connectivity index (χ3n) is 13.3. The molecule has 0 spiro atoms. The van der Waals surface area contributed by atoms with Gasteiger partial charge in [0.15, 0.2) is 31.3 Å². The van der Waals surface area contributed by atoms with E-state index in [1.165, 1.54) is 13.8 Å². The first kappa shape index (κ1) is 58.7. The average Bonchev–Trinajstić information content (AvgIpc) is 3.30. The summed E-state index contributed by atoms with van der Waals surface area (Å²) < 4.78 is 53.5. The maximum atomic E-state index is 12.6. The third-order valence-corrected chi connectivity index (χ3v) is 13.3. The molecule has 0 bridgehead atoms. The summed E-state index contributed by atoms with van der Waals surface area (Å²) in [6.45, 7) is 6.94. The normalized spacial score (nSPS) is 40.4. The second kappa shape index (κ2) is 28.4. The quantitative estimate of drug-likeness (QED) is 0.0327. The molecule has 398 valence electrons.